The molecule has 3 fully saturated rings. The minimum atomic E-state index is -4.03. The third kappa shape index (κ3) is 7.68. The van der Waals surface area contributed by atoms with Crippen LogP contribution < -0.4 is 0 Å². The number of carbonyl (C=O) groups is 4. The molecule has 0 radical (unpaired) electrons. The molecule has 14 heteroatoms. The van der Waals surface area contributed by atoms with E-state index in [4.69, 9.17) is 20.4 Å². The highest BCUT2D eigenvalue weighted by Gasteiger charge is 2.58. The van der Waals surface area contributed by atoms with E-state index in [0.717, 1.165) is 47.6 Å². The number of piperidine rings is 1. The minimum absolute atomic E-state index is 0.0540. The van der Waals surface area contributed by atoms with Gasteiger partial charge in [-0.2, -0.15) is 0 Å². The van der Waals surface area contributed by atoms with Crippen molar-refractivity contribution in [2.45, 2.75) is 87.5 Å². The van der Waals surface area contributed by atoms with Crippen molar-refractivity contribution in [2.24, 2.45) is 5.92 Å². The zero-order valence-electron chi connectivity index (χ0n) is 25.9. The van der Waals surface area contributed by atoms with Crippen molar-refractivity contribution in [3.63, 3.8) is 0 Å². The van der Waals surface area contributed by atoms with Gasteiger partial charge >= 0.3 is 11.9 Å². The smallest absolute Gasteiger partial charge is 0.335 e. The number of aliphatic hydroxyl groups excluding tert-OH is 2. The lowest BCUT2D eigenvalue weighted by molar-refractivity contribution is -0.165. The monoisotopic (exact) mass is 661 g/mol. The molecular formula is C32H43N3O10S. The fraction of sp³-hybridized carbons (Fsp3) is 0.562. The molecule has 0 spiro atoms. The summed E-state index contributed by atoms with van der Waals surface area (Å²) in [7, 11) is -4.03. The number of fused-ring (bicyclic) bond motifs is 2. The van der Waals surface area contributed by atoms with Gasteiger partial charge in [0.15, 0.2) is 12.2 Å². The van der Waals surface area contributed by atoms with Crippen LogP contribution in [0.3, 0.4) is 0 Å². The number of hydrogen-bond acceptors (Lipinski definition) is 9. The summed E-state index contributed by atoms with van der Waals surface area (Å²) in [6.07, 6.45) is 2.32. The standard InChI is InChI=1S/C28H37N3O4S.C4H6O6/c1-2-9-24-27-25(15-19-30(27)26(32)12-8-18-29-16-6-3-7-17-29)31(28(24)33)36(34,35)23-14-13-21-10-4-5-11-22(21)20-23;5-1(3(7)8)2(6)4(9)10/h4-5,10-11,13-14,20,24-25,27H,2-3,6-9,12,15-19H2,1H3;1-2,5-6H,(H,7,8)(H,9,10)/t24-,25+,27-;/m1./s1. The van der Waals surface area contributed by atoms with E-state index < -0.39 is 46.1 Å². The molecule has 0 saturated carbocycles. The number of carboxylic acids is 2. The molecule has 3 aliphatic rings. The largest absolute Gasteiger partial charge is 0.479 e. The minimum Gasteiger partial charge on any atom is -0.479 e. The van der Waals surface area contributed by atoms with Crippen LogP contribution in [0.1, 0.15) is 58.3 Å². The Morgan fingerprint density at radius 1 is 0.913 bits per heavy atom. The van der Waals surface area contributed by atoms with E-state index in [9.17, 15) is 27.6 Å². The van der Waals surface area contributed by atoms with Crippen LogP contribution in [0.2, 0.25) is 0 Å². The third-order valence-electron chi connectivity index (χ3n) is 8.98. The van der Waals surface area contributed by atoms with Gasteiger partial charge in [-0.25, -0.2) is 22.3 Å². The van der Waals surface area contributed by atoms with Crippen molar-refractivity contribution in [1.29, 1.82) is 0 Å². The lowest BCUT2D eigenvalue weighted by Gasteiger charge is -2.29. The number of aliphatic hydroxyl groups is 2. The summed E-state index contributed by atoms with van der Waals surface area (Å²) < 4.78 is 28.7. The van der Waals surface area contributed by atoms with Gasteiger partial charge in [-0.3, -0.25) is 9.59 Å². The molecule has 3 heterocycles. The first-order valence-electron chi connectivity index (χ1n) is 15.8. The number of amides is 2. The van der Waals surface area contributed by atoms with E-state index in [-0.39, 0.29) is 22.8 Å². The van der Waals surface area contributed by atoms with Crippen LogP contribution in [0, 0.1) is 5.92 Å². The average Bonchev–Trinajstić information content (AvgIpc) is 3.58. The first-order valence-corrected chi connectivity index (χ1v) is 17.2. The Balaban J connectivity index is 0.000000416. The van der Waals surface area contributed by atoms with Gasteiger partial charge in [-0.1, -0.05) is 50.1 Å². The summed E-state index contributed by atoms with van der Waals surface area (Å²) >= 11 is 0. The SMILES string of the molecule is CCC[C@H]1C(=O)N(S(=O)(=O)c2ccc3ccccc3c2)[C@H]2CCN(C(=O)CCCN3CCCCC3)[C@H]12.O=C(O)C(O)C(O)C(=O)O. The van der Waals surface area contributed by atoms with Crippen molar-refractivity contribution >= 4 is 44.5 Å². The molecule has 5 atom stereocenters. The Kier molecular flexibility index (Phi) is 11.8. The Hall–Kier alpha value is -3.59. The lowest BCUT2D eigenvalue weighted by Crippen LogP contribution is -2.43. The maximum atomic E-state index is 13.8. The first kappa shape index (κ1) is 35.3. The van der Waals surface area contributed by atoms with Gasteiger partial charge in [0.2, 0.25) is 11.8 Å². The Labute approximate surface area is 268 Å². The van der Waals surface area contributed by atoms with Crippen molar-refractivity contribution in [3.05, 3.63) is 42.5 Å². The van der Waals surface area contributed by atoms with Gasteiger partial charge in [0.05, 0.1) is 22.9 Å². The van der Waals surface area contributed by atoms with Crippen LogP contribution in [0.15, 0.2) is 47.4 Å². The highest BCUT2D eigenvalue weighted by molar-refractivity contribution is 7.89. The Morgan fingerprint density at radius 3 is 2.15 bits per heavy atom. The molecule has 13 nitrogen and oxygen atoms in total. The average molecular weight is 662 g/mol. The topological polar surface area (TPSA) is 193 Å². The lowest BCUT2D eigenvalue weighted by atomic mass is 9.94. The van der Waals surface area contributed by atoms with Crippen molar-refractivity contribution in [1.82, 2.24) is 14.1 Å². The maximum absolute atomic E-state index is 13.8. The Bertz CT molecular complexity index is 1510. The predicted octanol–water partition coefficient (Wildman–Crippen LogP) is 1.90. The summed E-state index contributed by atoms with van der Waals surface area (Å²) in [6, 6.07) is 11.8. The number of carboxylic acid groups (broad SMARTS) is 2. The summed E-state index contributed by atoms with van der Waals surface area (Å²) in [5.74, 6) is -4.31. The van der Waals surface area contributed by atoms with Crippen molar-refractivity contribution < 1.29 is 48.0 Å². The van der Waals surface area contributed by atoms with Gasteiger partial charge in [0.1, 0.15) is 0 Å². The second kappa shape index (κ2) is 15.3. The van der Waals surface area contributed by atoms with Gasteiger partial charge in [-0.05, 0) is 74.6 Å². The number of sulfonamides is 1. The molecule has 252 valence electrons. The number of carbonyl (C=O) groups excluding carboxylic acids is 2. The second-order valence-corrected chi connectivity index (χ2v) is 13.9. The summed E-state index contributed by atoms with van der Waals surface area (Å²) in [6.45, 7) is 5.65. The molecule has 5 rings (SSSR count). The van der Waals surface area contributed by atoms with E-state index >= 15 is 0 Å². The maximum Gasteiger partial charge on any atom is 0.335 e. The highest BCUT2D eigenvalue weighted by Crippen LogP contribution is 2.42. The number of nitrogens with zero attached hydrogens (tertiary/aromatic N) is 3. The number of hydrogen-bond donors (Lipinski definition) is 4. The van der Waals surface area contributed by atoms with E-state index in [1.165, 1.54) is 19.3 Å². The van der Waals surface area contributed by atoms with E-state index in [0.29, 0.717) is 25.8 Å². The van der Waals surface area contributed by atoms with Crippen LogP contribution >= 0.6 is 0 Å². The molecule has 2 aromatic carbocycles. The Morgan fingerprint density at radius 2 is 1.54 bits per heavy atom. The first-order chi connectivity index (χ1) is 21.9. The molecule has 4 N–H and O–H groups in total. The molecule has 0 aromatic heterocycles. The van der Waals surface area contributed by atoms with Gasteiger partial charge in [-0.15, -0.1) is 0 Å². The summed E-state index contributed by atoms with van der Waals surface area (Å²) in [4.78, 5) is 50.8. The zero-order valence-corrected chi connectivity index (χ0v) is 26.7. The molecular weight excluding hydrogens is 618 g/mol. The highest BCUT2D eigenvalue weighted by atomic mass is 32.2. The molecule has 46 heavy (non-hydrogen) atoms. The normalized spacial score (nSPS) is 23.0. The van der Waals surface area contributed by atoms with Crippen molar-refractivity contribution in [2.75, 3.05) is 26.2 Å². The van der Waals surface area contributed by atoms with Crippen LogP contribution in [0.4, 0.5) is 0 Å². The number of benzene rings is 2. The number of rotatable bonds is 11. The van der Waals surface area contributed by atoms with Gasteiger partial charge in [0, 0.05) is 13.0 Å². The molecule has 2 unspecified atom stereocenters. The van der Waals surface area contributed by atoms with E-state index in [2.05, 4.69) is 4.90 Å². The summed E-state index contributed by atoms with van der Waals surface area (Å²) in [5.41, 5.74) is 0. The molecule has 3 saturated heterocycles. The van der Waals surface area contributed by atoms with Crippen LogP contribution in [-0.2, 0) is 29.2 Å². The molecule has 0 aliphatic carbocycles. The molecule has 3 aliphatic heterocycles. The molecule has 0 bridgehead atoms. The molecule has 2 aromatic rings. The third-order valence-corrected chi connectivity index (χ3v) is 10.8. The fourth-order valence-electron chi connectivity index (χ4n) is 6.70. The van der Waals surface area contributed by atoms with Gasteiger partial charge in [0.25, 0.3) is 10.0 Å². The zero-order chi connectivity index (χ0) is 33.6. The van der Waals surface area contributed by atoms with Crippen LogP contribution in [-0.4, -0.2) is 117 Å². The van der Waals surface area contributed by atoms with Crippen molar-refractivity contribution in [3.8, 4) is 0 Å². The van der Waals surface area contributed by atoms with Crippen LogP contribution in [0.25, 0.3) is 10.8 Å². The number of likely N-dealkylation sites (tertiary alicyclic amines) is 2. The van der Waals surface area contributed by atoms with E-state index in [1.54, 1.807) is 18.2 Å². The van der Waals surface area contributed by atoms with Crippen LogP contribution in [0.5, 0.6) is 0 Å². The second-order valence-electron chi connectivity index (χ2n) is 12.0. The fourth-order valence-corrected chi connectivity index (χ4v) is 8.40. The number of aliphatic carboxylic acids is 2. The molecule has 2 amide bonds. The van der Waals surface area contributed by atoms with E-state index in [1.807, 2.05) is 36.1 Å². The predicted molar refractivity (Wildman–Crippen MR) is 167 cm³/mol. The van der Waals surface area contributed by atoms with Gasteiger partial charge < -0.3 is 30.2 Å². The summed E-state index contributed by atoms with van der Waals surface area (Å²) in [5, 5.41) is 34.3. The quantitative estimate of drug-likeness (QED) is 0.275.